The Labute approximate surface area is 162 Å². The predicted molar refractivity (Wildman–Crippen MR) is 98.1 cm³/mol. The molecule has 2 saturated heterocycles. The van der Waals surface area contributed by atoms with Crippen molar-refractivity contribution in [3.63, 3.8) is 0 Å². The fourth-order valence-corrected chi connectivity index (χ4v) is 4.56. The van der Waals surface area contributed by atoms with Gasteiger partial charge in [-0.05, 0) is 31.4 Å². The SMILES string of the molecule is O=C(N[C@@H]1C[C@H]2CC[C@@H]1N2)c1cnc(-c2ccccc2NC(=O)C(F)(F)F)s1. The lowest BCUT2D eigenvalue weighted by atomic mass is 9.95. The molecule has 1 aromatic carbocycles. The molecule has 3 atom stereocenters. The Balaban J connectivity index is 1.50. The number of fused-ring (bicyclic) bond motifs is 2. The van der Waals surface area contributed by atoms with Gasteiger partial charge in [0.15, 0.2) is 0 Å². The van der Waals surface area contributed by atoms with E-state index in [0.717, 1.165) is 30.6 Å². The van der Waals surface area contributed by atoms with Crippen molar-refractivity contribution >= 4 is 28.8 Å². The minimum absolute atomic E-state index is 0.0107. The predicted octanol–water partition coefficient (Wildman–Crippen LogP) is 2.93. The van der Waals surface area contributed by atoms with Crippen molar-refractivity contribution < 1.29 is 22.8 Å². The summed E-state index contributed by atoms with van der Waals surface area (Å²) < 4.78 is 37.7. The standard InChI is InChI=1S/C18H17F3N4O2S/c19-18(20,21)17(27)25-11-4-2-1-3-10(11)16-22-8-14(28-16)15(26)24-13-7-9-5-6-12(13)23-9/h1-4,8-9,12-13,23H,5-7H2,(H,24,26)(H,25,27)/t9-,12+,13-/m1/s1. The van der Waals surface area contributed by atoms with Crippen LogP contribution in [0.25, 0.3) is 10.6 Å². The number of para-hydroxylation sites is 1. The number of carbonyl (C=O) groups is 2. The summed E-state index contributed by atoms with van der Waals surface area (Å²) in [6, 6.07) is 6.87. The lowest BCUT2D eigenvalue weighted by molar-refractivity contribution is -0.167. The Morgan fingerprint density at radius 1 is 1.21 bits per heavy atom. The molecule has 2 bridgehead atoms. The molecule has 0 radical (unpaired) electrons. The number of anilines is 1. The fraction of sp³-hybridized carbons (Fsp3) is 0.389. The molecule has 0 spiro atoms. The molecule has 2 aromatic rings. The van der Waals surface area contributed by atoms with E-state index in [9.17, 15) is 22.8 Å². The number of hydrogen-bond acceptors (Lipinski definition) is 5. The number of rotatable bonds is 4. The van der Waals surface area contributed by atoms with Gasteiger partial charge in [0.1, 0.15) is 9.88 Å². The molecule has 3 N–H and O–H groups in total. The number of halogens is 3. The maximum absolute atomic E-state index is 12.6. The van der Waals surface area contributed by atoms with Crippen LogP contribution in [0.5, 0.6) is 0 Å². The molecule has 0 unspecified atom stereocenters. The number of thiazole rings is 1. The van der Waals surface area contributed by atoms with Crippen LogP contribution in [0.3, 0.4) is 0 Å². The first-order valence-electron chi connectivity index (χ1n) is 8.81. The van der Waals surface area contributed by atoms with Gasteiger partial charge in [-0.3, -0.25) is 9.59 Å². The van der Waals surface area contributed by atoms with Crippen molar-refractivity contribution in [2.75, 3.05) is 5.32 Å². The number of aromatic nitrogens is 1. The van der Waals surface area contributed by atoms with Crippen LogP contribution in [0.1, 0.15) is 28.9 Å². The lowest BCUT2D eigenvalue weighted by Gasteiger charge is -2.20. The van der Waals surface area contributed by atoms with Crippen LogP contribution in [-0.4, -0.2) is 41.1 Å². The van der Waals surface area contributed by atoms with Crippen LogP contribution in [0.15, 0.2) is 30.5 Å². The Bertz CT molecular complexity index is 914. The smallest absolute Gasteiger partial charge is 0.347 e. The number of hydrogen-bond donors (Lipinski definition) is 3. The topological polar surface area (TPSA) is 83.1 Å². The first-order chi connectivity index (χ1) is 13.3. The van der Waals surface area contributed by atoms with E-state index in [4.69, 9.17) is 0 Å². The molecule has 1 aromatic heterocycles. The second kappa shape index (κ2) is 7.17. The summed E-state index contributed by atoms with van der Waals surface area (Å²) in [6.45, 7) is 0. The molecule has 2 fully saturated rings. The molecule has 10 heteroatoms. The normalized spacial score (nSPS) is 23.6. The van der Waals surface area contributed by atoms with Crippen molar-refractivity contribution in [1.82, 2.24) is 15.6 Å². The average Bonchev–Trinajstić information content (AvgIpc) is 3.38. The highest BCUT2D eigenvalue weighted by atomic mass is 32.1. The third-order valence-electron chi connectivity index (χ3n) is 5.01. The molecule has 2 amide bonds. The maximum Gasteiger partial charge on any atom is 0.471 e. The fourth-order valence-electron chi connectivity index (χ4n) is 3.70. The van der Waals surface area contributed by atoms with E-state index in [1.165, 1.54) is 18.3 Å². The zero-order chi connectivity index (χ0) is 19.9. The van der Waals surface area contributed by atoms with Gasteiger partial charge in [-0.15, -0.1) is 11.3 Å². The first kappa shape index (κ1) is 18.9. The summed E-state index contributed by atoms with van der Waals surface area (Å²) in [4.78, 5) is 28.3. The van der Waals surface area contributed by atoms with Gasteiger partial charge in [-0.2, -0.15) is 13.2 Å². The zero-order valence-corrected chi connectivity index (χ0v) is 15.4. The van der Waals surface area contributed by atoms with E-state index in [1.807, 2.05) is 5.32 Å². The second-order valence-corrected chi connectivity index (χ2v) is 7.92. The van der Waals surface area contributed by atoms with Crippen LogP contribution < -0.4 is 16.0 Å². The molecular formula is C18H17F3N4O2S. The first-order valence-corrected chi connectivity index (χ1v) is 9.63. The molecule has 148 valence electrons. The molecule has 0 aliphatic carbocycles. The Kier molecular flexibility index (Phi) is 4.84. The number of alkyl halides is 3. The molecule has 2 aliphatic rings. The van der Waals surface area contributed by atoms with E-state index >= 15 is 0 Å². The van der Waals surface area contributed by atoms with Crippen LogP contribution >= 0.6 is 11.3 Å². The van der Waals surface area contributed by atoms with E-state index in [-0.39, 0.29) is 17.6 Å². The van der Waals surface area contributed by atoms with Gasteiger partial charge >= 0.3 is 12.1 Å². The zero-order valence-electron chi connectivity index (χ0n) is 14.5. The van der Waals surface area contributed by atoms with Crippen molar-refractivity contribution in [2.45, 2.75) is 43.6 Å². The number of amides is 2. The monoisotopic (exact) mass is 410 g/mol. The largest absolute Gasteiger partial charge is 0.471 e. The van der Waals surface area contributed by atoms with Crippen molar-refractivity contribution in [2.24, 2.45) is 0 Å². The molecular weight excluding hydrogens is 393 g/mol. The lowest BCUT2D eigenvalue weighted by Crippen LogP contribution is -2.42. The molecule has 2 aliphatic heterocycles. The van der Waals surface area contributed by atoms with Crippen LogP contribution in [0.2, 0.25) is 0 Å². The number of carbonyl (C=O) groups excluding carboxylic acids is 2. The van der Waals surface area contributed by atoms with Crippen molar-refractivity contribution in [1.29, 1.82) is 0 Å². The quantitative estimate of drug-likeness (QED) is 0.724. The van der Waals surface area contributed by atoms with Gasteiger partial charge in [0.05, 0.1) is 11.9 Å². The summed E-state index contributed by atoms with van der Waals surface area (Å²) in [7, 11) is 0. The molecule has 0 saturated carbocycles. The maximum atomic E-state index is 12.6. The average molecular weight is 410 g/mol. The van der Waals surface area contributed by atoms with E-state index in [2.05, 4.69) is 15.6 Å². The summed E-state index contributed by atoms with van der Waals surface area (Å²) in [5.41, 5.74) is 0.314. The van der Waals surface area contributed by atoms with Gasteiger partial charge in [-0.25, -0.2) is 4.98 Å². The van der Waals surface area contributed by atoms with Crippen molar-refractivity contribution in [3.05, 3.63) is 35.3 Å². The Morgan fingerprint density at radius 3 is 2.68 bits per heavy atom. The van der Waals surface area contributed by atoms with Gasteiger partial charge < -0.3 is 16.0 Å². The molecule has 4 rings (SSSR count). The van der Waals surface area contributed by atoms with Gasteiger partial charge in [0.25, 0.3) is 5.91 Å². The number of nitrogens with one attached hydrogen (secondary N) is 3. The third kappa shape index (κ3) is 3.74. The van der Waals surface area contributed by atoms with Gasteiger partial charge in [-0.1, -0.05) is 12.1 Å². The van der Waals surface area contributed by atoms with Crippen LogP contribution in [-0.2, 0) is 4.79 Å². The van der Waals surface area contributed by atoms with E-state index in [0.29, 0.717) is 27.5 Å². The van der Waals surface area contributed by atoms with Crippen LogP contribution in [0.4, 0.5) is 18.9 Å². The molecule has 3 heterocycles. The highest BCUT2D eigenvalue weighted by Gasteiger charge is 2.40. The number of nitrogens with zero attached hydrogens (tertiary/aromatic N) is 1. The number of benzene rings is 1. The highest BCUT2D eigenvalue weighted by molar-refractivity contribution is 7.17. The summed E-state index contributed by atoms with van der Waals surface area (Å²) in [6.07, 6.45) is -0.527. The third-order valence-corrected chi connectivity index (χ3v) is 6.04. The summed E-state index contributed by atoms with van der Waals surface area (Å²) in [5.74, 6) is -2.31. The minimum Gasteiger partial charge on any atom is -0.347 e. The Hall–Kier alpha value is -2.46. The van der Waals surface area contributed by atoms with Crippen molar-refractivity contribution in [3.8, 4) is 10.6 Å². The second-order valence-electron chi connectivity index (χ2n) is 6.89. The summed E-state index contributed by atoms with van der Waals surface area (Å²) in [5, 5.41) is 8.67. The van der Waals surface area contributed by atoms with E-state index < -0.39 is 12.1 Å². The van der Waals surface area contributed by atoms with Gasteiger partial charge in [0, 0.05) is 23.7 Å². The molecule has 6 nitrogen and oxygen atoms in total. The Morgan fingerprint density at radius 2 is 2.00 bits per heavy atom. The van der Waals surface area contributed by atoms with Crippen LogP contribution in [0, 0.1) is 0 Å². The molecule has 28 heavy (non-hydrogen) atoms. The van der Waals surface area contributed by atoms with E-state index in [1.54, 1.807) is 12.1 Å². The highest BCUT2D eigenvalue weighted by Crippen LogP contribution is 2.33. The van der Waals surface area contributed by atoms with Gasteiger partial charge in [0.2, 0.25) is 0 Å². The minimum atomic E-state index is -4.99. The summed E-state index contributed by atoms with van der Waals surface area (Å²) >= 11 is 1.07.